The van der Waals surface area contributed by atoms with E-state index in [4.69, 9.17) is 5.73 Å². The number of fused-ring (bicyclic) bond motifs is 1. The lowest BCUT2D eigenvalue weighted by atomic mass is 9.89. The number of rotatable bonds is 2. The van der Waals surface area contributed by atoms with Crippen molar-refractivity contribution in [3.8, 4) is 0 Å². The Morgan fingerprint density at radius 2 is 1.82 bits per heavy atom. The van der Waals surface area contributed by atoms with Gasteiger partial charge in [0.15, 0.2) is 0 Å². The molecule has 1 saturated heterocycles. The molecule has 5 heteroatoms. The number of nitrogens with zero attached hydrogens (tertiary/aromatic N) is 2. The summed E-state index contributed by atoms with van der Waals surface area (Å²) in [6, 6.07) is 7.18. The quantitative estimate of drug-likeness (QED) is 0.884. The van der Waals surface area contributed by atoms with Crippen molar-refractivity contribution in [3.63, 3.8) is 0 Å². The minimum Gasteiger partial charge on any atom is -0.368 e. The van der Waals surface area contributed by atoms with E-state index in [9.17, 15) is 9.59 Å². The van der Waals surface area contributed by atoms with Crippen molar-refractivity contribution in [3.05, 3.63) is 35.4 Å². The zero-order valence-electron chi connectivity index (χ0n) is 13.0. The number of hydrogen-bond acceptors (Lipinski definition) is 3. The Labute approximate surface area is 131 Å². The summed E-state index contributed by atoms with van der Waals surface area (Å²) in [6.45, 7) is 2.44. The molecule has 2 heterocycles. The van der Waals surface area contributed by atoms with Gasteiger partial charge in [-0.1, -0.05) is 24.3 Å². The highest BCUT2D eigenvalue weighted by Gasteiger charge is 2.37. The third-order valence-electron chi connectivity index (χ3n) is 4.90. The molecule has 0 radical (unpaired) electrons. The first-order chi connectivity index (χ1) is 10.6. The van der Waals surface area contributed by atoms with Crippen molar-refractivity contribution in [2.45, 2.75) is 25.3 Å². The van der Waals surface area contributed by atoms with Crippen molar-refractivity contribution in [2.24, 2.45) is 11.7 Å². The summed E-state index contributed by atoms with van der Waals surface area (Å²) in [5.74, 6) is -0.330. The van der Waals surface area contributed by atoms with Gasteiger partial charge in [-0.3, -0.25) is 9.59 Å². The third kappa shape index (κ3) is 2.73. The Morgan fingerprint density at radius 1 is 1.14 bits per heavy atom. The van der Waals surface area contributed by atoms with Crippen LogP contribution in [0.3, 0.4) is 0 Å². The predicted molar refractivity (Wildman–Crippen MR) is 84.0 cm³/mol. The number of piperidine rings is 1. The molecule has 1 aromatic rings. The molecule has 2 aliphatic rings. The highest BCUT2D eigenvalue weighted by atomic mass is 16.2. The van der Waals surface area contributed by atoms with Gasteiger partial charge in [0.25, 0.3) is 0 Å². The molecule has 0 aromatic heterocycles. The van der Waals surface area contributed by atoms with E-state index >= 15 is 0 Å². The van der Waals surface area contributed by atoms with Crippen molar-refractivity contribution in [1.82, 2.24) is 9.80 Å². The summed E-state index contributed by atoms with van der Waals surface area (Å²) in [5.41, 5.74) is 7.64. The molecular weight excluding hydrogens is 278 g/mol. The lowest BCUT2D eigenvalue weighted by molar-refractivity contribution is -0.144. The van der Waals surface area contributed by atoms with E-state index in [1.165, 1.54) is 0 Å². The highest BCUT2D eigenvalue weighted by Crippen LogP contribution is 2.32. The van der Waals surface area contributed by atoms with Crippen LogP contribution in [0.1, 0.15) is 30.0 Å². The maximum atomic E-state index is 12.9. The van der Waals surface area contributed by atoms with Gasteiger partial charge in [0, 0.05) is 12.5 Å². The van der Waals surface area contributed by atoms with Crippen LogP contribution < -0.4 is 5.73 Å². The molecule has 2 aliphatic heterocycles. The summed E-state index contributed by atoms with van der Waals surface area (Å²) in [7, 11) is 2.07. The second-order valence-corrected chi connectivity index (χ2v) is 6.36. The number of nitrogens with two attached hydrogens (primary N) is 1. The Hall–Kier alpha value is -1.88. The van der Waals surface area contributed by atoms with Gasteiger partial charge < -0.3 is 15.5 Å². The van der Waals surface area contributed by atoms with Crippen molar-refractivity contribution in [2.75, 3.05) is 26.7 Å². The molecule has 118 valence electrons. The van der Waals surface area contributed by atoms with Gasteiger partial charge in [0.05, 0.1) is 0 Å². The first-order valence-electron chi connectivity index (χ1n) is 7.94. The maximum Gasteiger partial charge on any atom is 0.244 e. The zero-order valence-corrected chi connectivity index (χ0v) is 13.0. The number of benzene rings is 1. The summed E-state index contributed by atoms with van der Waals surface area (Å²) >= 11 is 0. The van der Waals surface area contributed by atoms with Gasteiger partial charge in [0.2, 0.25) is 11.8 Å². The lowest BCUT2D eigenvalue weighted by Gasteiger charge is -2.39. The van der Waals surface area contributed by atoms with Crippen molar-refractivity contribution >= 4 is 11.8 Å². The molecule has 0 saturated carbocycles. The number of primary amides is 1. The van der Waals surface area contributed by atoms with Crippen LogP contribution in [0.4, 0.5) is 0 Å². The molecule has 0 bridgehead atoms. The van der Waals surface area contributed by atoms with Gasteiger partial charge in [-0.25, -0.2) is 0 Å². The summed E-state index contributed by atoms with van der Waals surface area (Å²) in [5, 5.41) is 0. The standard InChI is InChI=1S/C17H23N3O2/c1-19-9-6-13(7-10-19)17(22)20-11-8-12-4-2-3-5-14(12)15(20)16(18)21/h2-5,13,15H,6-11H2,1H3,(H2,18,21). The topological polar surface area (TPSA) is 66.6 Å². The fraction of sp³-hybridized carbons (Fsp3) is 0.529. The third-order valence-corrected chi connectivity index (χ3v) is 4.90. The molecule has 0 spiro atoms. The second-order valence-electron chi connectivity index (χ2n) is 6.36. The Morgan fingerprint density at radius 3 is 2.50 bits per heavy atom. The molecule has 3 rings (SSSR count). The van der Waals surface area contributed by atoms with E-state index in [1.54, 1.807) is 4.90 Å². The average molecular weight is 301 g/mol. The minimum absolute atomic E-state index is 0.0170. The fourth-order valence-electron chi connectivity index (χ4n) is 3.60. The Balaban J connectivity index is 1.84. The smallest absolute Gasteiger partial charge is 0.244 e. The molecule has 5 nitrogen and oxygen atoms in total. The first-order valence-corrected chi connectivity index (χ1v) is 7.94. The minimum atomic E-state index is -0.614. The second kappa shape index (κ2) is 6.08. The number of carbonyl (C=O) groups is 2. The van der Waals surface area contributed by atoms with Gasteiger partial charge in [-0.15, -0.1) is 0 Å². The van der Waals surface area contributed by atoms with Gasteiger partial charge in [-0.05, 0) is 50.5 Å². The van der Waals surface area contributed by atoms with E-state index < -0.39 is 11.9 Å². The number of carbonyl (C=O) groups excluding carboxylic acids is 2. The zero-order chi connectivity index (χ0) is 15.7. The Kier molecular flexibility index (Phi) is 4.16. The number of amides is 2. The molecule has 1 unspecified atom stereocenters. The van der Waals surface area contributed by atoms with Crippen LogP contribution >= 0.6 is 0 Å². The molecule has 1 aromatic carbocycles. The van der Waals surface area contributed by atoms with E-state index in [0.29, 0.717) is 6.54 Å². The molecule has 0 aliphatic carbocycles. The van der Waals surface area contributed by atoms with Crippen LogP contribution in [-0.2, 0) is 16.0 Å². The molecule has 1 atom stereocenters. The van der Waals surface area contributed by atoms with Gasteiger partial charge >= 0.3 is 0 Å². The number of hydrogen-bond donors (Lipinski definition) is 1. The predicted octanol–water partition coefficient (Wildman–Crippen LogP) is 0.939. The van der Waals surface area contributed by atoms with Crippen molar-refractivity contribution < 1.29 is 9.59 Å². The van der Waals surface area contributed by atoms with E-state index in [2.05, 4.69) is 11.9 Å². The maximum absolute atomic E-state index is 12.9. The molecule has 2 amide bonds. The van der Waals surface area contributed by atoms with Crippen LogP contribution in [0.25, 0.3) is 0 Å². The van der Waals surface area contributed by atoms with E-state index in [-0.39, 0.29) is 11.8 Å². The van der Waals surface area contributed by atoms with Crippen LogP contribution in [0.2, 0.25) is 0 Å². The normalized spacial score (nSPS) is 23.1. The largest absolute Gasteiger partial charge is 0.368 e. The highest BCUT2D eigenvalue weighted by molar-refractivity contribution is 5.89. The van der Waals surface area contributed by atoms with E-state index in [0.717, 1.165) is 43.5 Å². The summed E-state index contributed by atoms with van der Waals surface area (Å²) in [4.78, 5) is 28.8. The Bertz CT molecular complexity index is 579. The lowest BCUT2D eigenvalue weighted by Crippen LogP contribution is -2.49. The fourth-order valence-corrected chi connectivity index (χ4v) is 3.60. The molecule has 1 fully saturated rings. The molecule has 2 N–H and O–H groups in total. The van der Waals surface area contributed by atoms with Gasteiger partial charge in [0.1, 0.15) is 6.04 Å². The van der Waals surface area contributed by atoms with E-state index in [1.807, 2.05) is 24.3 Å². The number of likely N-dealkylation sites (tertiary alicyclic amines) is 1. The van der Waals surface area contributed by atoms with Crippen LogP contribution in [0.5, 0.6) is 0 Å². The monoisotopic (exact) mass is 301 g/mol. The average Bonchev–Trinajstić information content (AvgIpc) is 2.53. The molecular formula is C17H23N3O2. The van der Waals surface area contributed by atoms with Crippen LogP contribution in [0, 0.1) is 5.92 Å². The van der Waals surface area contributed by atoms with Crippen molar-refractivity contribution in [1.29, 1.82) is 0 Å². The molecule has 22 heavy (non-hydrogen) atoms. The van der Waals surface area contributed by atoms with Crippen LogP contribution in [0.15, 0.2) is 24.3 Å². The summed E-state index contributed by atoms with van der Waals surface area (Å²) < 4.78 is 0. The van der Waals surface area contributed by atoms with Gasteiger partial charge in [-0.2, -0.15) is 0 Å². The van der Waals surface area contributed by atoms with Crippen LogP contribution in [-0.4, -0.2) is 48.3 Å². The summed E-state index contributed by atoms with van der Waals surface area (Å²) in [6.07, 6.45) is 2.51. The SMILES string of the molecule is CN1CCC(C(=O)N2CCc3ccccc3C2C(N)=O)CC1. The first kappa shape index (κ1) is 15.0.